The van der Waals surface area contributed by atoms with Crippen molar-refractivity contribution in [3.63, 3.8) is 0 Å². The van der Waals surface area contributed by atoms with E-state index >= 15 is 0 Å². The van der Waals surface area contributed by atoms with E-state index in [0.717, 1.165) is 6.07 Å². The Bertz CT molecular complexity index is 465. The van der Waals surface area contributed by atoms with E-state index in [-0.39, 0.29) is 11.4 Å². The fraction of sp³-hybridized carbons (Fsp3) is 0.222. The van der Waals surface area contributed by atoms with Crippen LogP contribution in [0.15, 0.2) is 24.3 Å². The predicted molar refractivity (Wildman–Crippen MR) is 60.2 cm³/mol. The number of nitro groups is 1. The van der Waals surface area contributed by atoms with Crippen molar-refractivity contribution in [3.8, 4) is 0 Å². The van der Waals surface area contributed by atoms with Gasteiger partial charge < -0.3 is 18.3 Å². The average molecular weight is 261 g/mol. The van der Waals surface area contributed by atoms with Crippen LogP contribution in [0.3, 0.4) is 0 Å². The van der Waals surface area contributed by atoms with Gasteiger partial charge in [0, 0.05) is 12.5 Å². The predicted octanol–water partition coefficient (Wildman–Crippen LogP) is 2.77. The molecule has 0 unspecified atom stereocenters. The molecule has 0 bridgehead atoms. The molecule has 1 aromatic carbocycles. The van der Waals surface area contributed by atoms with Crippen LogP contribution in [0.1, 0.15) is 6.42 Å². The molecule has 0 fully saturated rings. The van der Waals surface area contributed by atoms with Gasteiger partial charge in [-0.25, -0.2) is 0 Å². The Morgan fingerprint density at radius 2 is 1.94 bits per heavy atom. The topological polar surface area (TPSA) is 72.2 Å². The molecule has 1 rings (SSSR count). The Kier molecular flexibility index (Phi) is 4.30. The van der Waals surface area contributed by atoms with Crippen LogP contribution in [0.5, 0.6) is 0 Å². The first-order valence-electron chi connectivity index (χ1n) is 5.04. The van der Waals surface area contributed by atoms with Gasteiger partial charge in [0.1, 0.15) is 5.69 Å². The fourth-order valence-corrected chi connectivity index (χ4v) is 1.25. The smallest absolute Gasteiger partial charge is 0.449 e. The Morgan fingerprint density at radius 1 is 1.33 bits per heavy atom. The standard InChI is InChI=1S/C9H9BF3N2O3/c11-10(12,13)6-5-9(16)14-7-3-1-2-4-8(7)15(17)18/h1-4H,5-6H2,(H,14,16)/q-1. The van der Waals surface area contributed by atoms with E-state index in [9.17, 15) is 27.9 Å². The molecule has 1 N–H and O–H groups in total. The van der Waals surface area contributed by atoms with Crippen molar-refractivity contribution < 1.29 is 22.7 Å². The van der Waals surface area contributed by atoms with Gasteiger partial charge in [-0.3, -0.25) is 14.9 Å². The van der Waals surface area contributed by atoms with E-state index in [1.807, 2.05) is 0 Å². The molecule has 1 amide bonds. The first kappa shape index (κ1) is 14.0. The number of para-hydroxylation sites is 2. The molecule has 0 aromatic heterocycles. The zero-order valence-electron chi connectivity index (χ0n) is 9.11. The summed E-state index contributed by atoms with van der Waals surface area (Å²) in [4.78, 5) is 21.1. The summed E-state index contributed by atoms with van der Waals surface area (Å²) in [7, 11) is 0. The Labute approximate surface area is 100 Å². The number of amides is 1. The van der Waals surface area contributed by atoms with E-state index in [0.29, 0.717) is 0 Å². The van der Waals surface area contributed by atoms with Gasteiger partial charge in [-0.1, -0.05) is 18.5 Å². The zero-order valence-corrected chi connectivity index (χ0v) is 9.11. The summed E-state index contributed by atoms with van der Waals surface area (Å²) in [6.45, 7) is -5.03. The number of nitro benzene ring substituents is 1. The maximum absolute atomic E-state index is 11.9. The fourth-order valence-electron chi connectivity index (χ4n) is 1.25. The molecule has 0 atom stereocenters. The summed E-state index contributed by atoms with van der Waals surface area (Å²) in [6.07, 6.45) is -1.94. The van der Waals surface area contributed by atoms with Crippen LogP contribution < -0.4 is 5.32 Å². The molecule has 5 nitrogen and oxygen atoms in total. The summed E-state index contributed by atoms with van der Waals surface area (Å²) in [5.41, 5.74) is -0.467. The van der Waals surface area contributed by atoms with Gasteiger partial charge in [0.05, 0.1) is 4.92 Å². The number of hydrogen-bond donors (Lipinski definition) is 1. The highest BCUT2D eigenvalue weighted by molar-refractivity contribution is 6.58. The molecule has 9 heteroatoms. The molecule has 1 aromatic rings. The molecule has 0 radical (unpaired) electrons. The van der Waals surface area contributed by atoms with Crippen molar-refractivity contribution in [2.45, 2.75) is 12.7 Å². The second kappa shape index (κ2) is 5.52. The third kappa shape index (κ3) is 4.44. The van der Waals surface area contributed by atoms with Crippen LogP contribution in [-0.4, -0.2) is 17.8 Å². The number of carbonyl (C=O) groups is 1. The van der Waals surface area contributed by atoms with Crippen molar-refractivity contribution in [1.82, 2.24) is 0 Å². The van der Waals surface area contributed by atoms with Crippen LogP contribution in [0.4, 0.5) is 24.3 Å². The number of halogens is 3. The molecule has 18 heavy (non-hydrogen) atoms. The van der Waals surface area contributed by atoms with Gasteiger partial charge in [-0.05, 0) is 6.07 Å². The number of benzene rings is 1. The summed E-state index contributed by atoms with van der Waals surface area (Å²) in [6, 6.07) is 5.25. The molecule has 0 heterocycles. The van der Waals surface area contributed by atoms with Gasteiger partial charge in [0.15, 0.2) is 0 Å². The first-order valence-corrected chi connectivity index (χ1v) is 5.04. The molecule has 98 valence electrons. The molecule has 0 aliphatic carbocycles. The van der Waals surface area contributed by atoms with Crippen LogP contribution in [0.25, 0.3) is 0 Å². The average Bonchev–Trinajstić information content (AvgIpc) is 2.26. The van der Waals surface area contributed by atoms with Crippen molar-refractivity contribution >= 4 is 24.3 Å². The van der Waals surface area contributed by atoms with E-state index in [4.69, 9.17) is 0 Å². The summed E-state index contributed by atoms with van der Waals surface area (Å²) < 4.78 is 35.8. The maximum Gasteiger partial charge on any atom is 0.478 e. The highest BCUT2D eigenvalue weighted by Gasteiger charge is 2.24. The normalized spacial score (nSPS) is 11.1. The highest BCUT2D eigenvalue weighted by atomic mass is 19.4. The van der Waals surface area contributed by atoms with Crippen LogP contribution >= 0.6 is 0 Å². The molecule has 0 spiro atoms. The quantitative estimate of drug-likeness (QED) is 0.503. The number of rotatable bonds is 5. The van der Waals surface area contributed by atoms with Crippen molar-refractivity contribution in [1.29, 1.82) is 0 Å². The lowest BCUT2D eigenvalue weighted by atomic mass is 9.84. The minimum absolute atomic E-state index is 0.109. The molecule has 0 aliphatic heterocycles. The van der Waals surface area contributed by atoms with Gasteiger partial charge in [0.2, 0.25) is 5.91 Å². The maximum atomic E-state index is 11.9. The van der Waals surface area contributed by atoms with Gasteiger partial charge in [0.25, 0.3) is 5.69 Å². The van der Waals surface area contributed by atoms with Crippen LogP contribution in [-0.2, 0) is 4.79 Å². The van der Waals surface area contributed by atoms with E-state index in [1.54, 1.807) is 0 Å². The van der Waals surface area contributed by atoms with E-state index < -0.39 is 30.5 Å². The number of anilines is 1. The number of hydrogen-bond acceptors (Lipinski definition) is 3. The van der Waals surface area contributed by atoms with Crippen molar-refractivity contribution in [2.75, 3.05) is 5.32 Å². The Balaban J connectivity index is 2.68. The van der Waals surface area contributed by atoms with Crippen LogP contribution in [0, 0.1) is 10.1 Å². The van der Waals surface area contributed by atoms with Gasteiger partial charge in [-0.15, -0.1) is 0 Å². The molecular formula is C9H9BF3N2O3-. The van der Waals surface area contributed by atoms with E-state index in [2.05, 4.69) is 5.32 Å². The number of nitrogens with zero attached hydrogens (tertiary/aromatic N) is 1. The SMILES string of the molecule is O=C(CC[B-](F)(F)F)Nc1ccccc1[N+](=O)[O-]. The molecule has 0 saturated heterocycles. The molecule has 0 saturated carbocycles. The van der Waals surface area contributed by atoms with E-state index in [1.165, 1.54) is 18.2 Å². The van der Waals surface area contributed by atoms with Crippen molar-refractivity contribution in [2.24, 2.45) is 0 Å². The molecule has 0 aliphatic rings. The number of nitrogens with one attached hydrogen (secondary N) is 1. The lowest BCUT2D eigenvalue weighted by Gasteiger charge is -2.12. The summed E-state index contributed by atoms with van der Waals surface area (Å²) in [5, 5.41) is 12.7. The highest BCUT2D eigenvalue weighted by Crippen LogP contribution is 2.24. The zero-order chi connectivity index (χ0) is 13.8. The van der Waals surface area contributed by atoms with Crippen molar-refractivity contribution in [3.05, 3.63) is 34.4 Å². The largest absolute Gasteiger partial charge is 0.478 e. The lowest BCUT2D eigenvalue weighted by Crippen LogP contribution is -2.20. The third-order valence-corrected chi connectivity index (χ3v) is 2.07. The third-order valence-electron chi connectivity index (χ3n) is 2.07. The van der Waals surface area contributed by atoms with Gasteiger partial charge >= 0.3 is 6.98 Å². The summed E-state index contributed by atoms with van der Waals surface area (Å²) >= 11 is 0. The van der Waals surface area contributed by atoms with Crippen LogP contribution in [0.2, 0.25) is 6.32 Å². The molecular weight excluding hydrogens is 252 g/mol. The van der Waals surface area contributed by atoms with Gasteiger partial charge in [-0.2, -0.15) is 0 Å². The Morgan fingerprint density at radius 3 is 2.50 bits per heavy atom. The first-order chi connectivity index (χ1) is 8.29. The summed E-state index contributed by atoms with van der Waals surface area (Å²) in [5.74, 6) is -0.900. The monoisotopic (exact) mass is 261 g/mol. The lowest BCUT2D eigenvalue weighted by molar-refractivity contribution is -0.383. The second-order valence-electron chi connectivity index (χ2n) is 3.57. The number of carbonyl (C=O) groups excluding carboxylic acids is 1. The second-order valence-corrected chi connectivity index (χ2v) is 3.57. The minimum Gasteiger partial charge on any atom is -0.449 e. The Hall–Kier alpha value is -2.06. The minimum atomic E-state index is -5.03.